The molecule has 3 aromatic rings. The Labute approximate surface area is 148 Å². The Hall–Kier alpha value is -2.39. The highest BCUT2D eigenvalue weighted by Crippen LogP contribution is 2.20. The quantitative estimate of drug-likeness (QED) is 0.647. The smallest absolute Gasteiger partial charge is 0.167 e. The second kappa shape index (κ2) is 7.45. The van der Waals surface area contributed by atoms with Crippen molar-refractivity contribution in [3.8, 4) is 0 Å². The van der Waals surface area contributed by atoms with Crippen molar-refractivity contribution in [2.24, 2.45) is 0 Å². The van der Waals surface area contributed by atoms with Crippen LogP contribution in [0.5, 0.6) is 0 Å². The molecule has 122 valence electrons. The molecule has 3 aromatic carbocycles. The summed E-state index contributed by atoms with van der Waals surface area (Å²) in [6.07, 6.45) is 0. The molecule has 24 heavy (non-hydrogen) atoms. The fraction of sp³-hybridized carbons (Fsp3) is 0.190. The minimum absolute atomic E-state index is 0.151. The molecule has 3 heteroatoms. The van der Waals surface area contributed by atoms with E-state index < -0.39 is 0 Å². The van der Waals surface area contributed by atoms with Crippen LogP contribution in [0.3, 0.4) is 0 Å². The summed E-state index contributed by atoms with van der Waals surface area (Å²) < 4.78 is 0. The third-order valence-electron chi connectivity index (χ3n) is 4.27. The van der Waals surface area contributed by atoms with Crippen LogP contribution in [0.25, 0.3) is 10.8 Å². The third-order valence-corrected chi connectivity index (χ3v) is 4.50. The van der Waals surface area contributed by atoms with E-state index in [2.05, 4.69) is 79.1 Å². The van der Waals surface area contributed by atoms with Gasteiger partial charge in [-0.1, -0.05) is 66.7 Å². The van der Waals surface area contributed by atoms with Gasteiger partial charge in [-0.3, -0.25) is 0 Å². The summed E-state index contributed by atoms with van der Waals surface area (Å²) in [5.41, 5.74) is 2.45. The third kappa shape index (κ3) is 3.92. The van der Waals surface area contributed by atoms with Crippen LogP contribution in [-0.2, 0) is 0 Å². The van der Waals surface area contributed by atoms with Gasteiger partial charge in [0, 0.05) is 0 Å². The van der Waals surface area contributed by atoms with Crippen molar-refractivity contribution in [2.75, 3.05) is 0 Å². The topological polar surface area (TPSA) is 24.1 Å². The first kappa shape index (κ1) is 16.5. The summed E-state index contributed by atoms with van der Waals surface area (Å²) in [5, 5.41) is 9.92. The van der Waals surface area contributed by atoms with Crippen LogP contribution in [0.2, 0.25) is 0 Å². The highest BCUT2D eigenvalue weighted by molar-refractivity contribution is 7.80. The lowest BCUT2D eigenvalue weighted by Crippen LogP contribution is -2.38. The molecule has 0 spiro atoms. The van der Waals surface area contributed by atoms with E-state index in [0.717, 1.165) is 0 Å². The summed E-state index contributed by atoms with van der Waals surface area (Å²) in [4.78, 5) is 0. The van der Waals surface area contributed by atoms with Gasteiger partial charge in [-0.05, 0) is 54.0 Å². The maximum atomic E-state index is 5.48. The van der Waals surface area contributed by atoms with Crippen LogP contribution in [0.4, 0.5) is 0 Å². The predicted octanol–water partition coefficient (Wildman–Crippen LogP) is 5.13. The van der Waals surface area contributed by atoms with Gasteiger partial charge in [-0.15, -0.1) is 0 Å². The van der Waals surface area contributed by atoms with Crippen LogP contribution >= 0.6 is 12.2 Å². The normalized spacial score (nSPS) is 13.2. The molecule has 0 saturated heterocycles. The van der Waals surface area contributed by atoms with Gasteiger partial charge in [-0.2, -0.15) is 0 Å². The van der Waals surface area contributed by atoms with E-state index in [-0.39, 0.29) is 12.1 Å². The fourth-order valence-corrected chi connectivity index (χ4v) is 3.17. The summed E-state index contributed by atoms with van der Waals surface area (Å²) in [6.45, 7) is 4.25. The van der Waals surface area contributed by atoms with Gasteiger partial charge >= 0.3 is 0 Å². The summed E-state index contributed by atoms with van der Waals surface area (Å²) in [5.74, 6) is 0. The molecule has 0 aromatic heterocycles. The maximum Gasteiger partial charge on any atom is 0.167 e. The van der Waals surface area contributed by atoms with Gasteiger partial charge < -0.3 is 10.6 Å². The largest absolute Gasteiger partial charge is 0.356 e. The Morgan fingerprint density at radius 1 is 0.708 bits per heavy atom. The van der Waals surface area contributed by atoms with Crippen LogP contribution in [0.15, 0.2) is 72.8 Å². The SMILES string of the molecule is C[C@@H](NC(=S)N[C@H](C)c1ccc2ccccc2c1)c1ccccc1. The molecular formula is C21H22N2S. The van der Waals surface area contributed by atoms with Crippen molar-refractivity contribution >= 4 is 28.1 Å². The average molecular weight is 334 g/mol. The lowest BCUT2D eigenvalue weighted by molar-refractivity contribution is 0.656. The zero-order chi connectivity index (χ0) is 16.9. The molecule has 0 bridgehead atoms. The highest BCUT2D eigenvalue weighted by atomic mass is 32.1. The zero-order valence-corrected chi connectivity index (χ0v) is 14.8. The Kier molecular flexibility index (Phi) is 5.11. The first-order chi connectivity index (χ1) is 11.6. The highest BCUT2D eigenvalue weighted by Gasteiger charge is 2.10. The molecule has 0 fully saturated rings. The van der Waals surface area contributed by atoms with E-state index in [4.69, 9.17) is 12.2 Å². The van der Waals surface area contributed by atoms with E-state index in [1.54, 1.807) is 0 Å². The average Bonchev–Trinajstić information content (AvgIpc) is 2.61. The van der Waals surface area contributed by atoms with Crippen LogP contribution in [0, 0.1) is 0 Å². The lowest BCUT2D eigenvalue weighted by atomic mass is 10.0. The first-order valence-corrected chi connectivity index (χ1v) is 8.65. The van der Waals surface area contributed by atoms with Crippen molar-refractivity contribution in [1.82, 2.24) is 10.6 Å². The minimum Gasteiger partial charge on any atom is -0.356 e. The summed E-state index contributed by atoms with van der Waals surface area (Å²) >= 11 is 5.48. The molecule has 0 aliphatic rings. The second-order valence-corrected chi connectivity index (χ2v) is 6.49. The van der Waals surface area contributed by atoms with E-state index in [1.807, 2.05) is 18.2 Å². The predicted molar refractivity (Wildman–Crippen MR) is 106 cm³/mol. The molecule has 3 rings (SSSR count). The molecule has 0 aliphatic heterocycles. The monoisotopic (exact) mass is 334 g/mol. The number of nitrogens with one attached hydrogen (secondary N) is 2. The number of benzene rings is 3. The first-order valence-electron chi connectivity index (χ1n) is 8.24. The molecule has 2 atom stereocenters. The molecular weight excluding hydrogens is 312 g/mol. The Morgan fingerprint density at radius 2 is 1.29 bits per heavy atom. The van der Waals surface area contributed by atoms with Gasteiger partial charge in [0.05, 0.1) is 12.1 Å². The second-order valence-electron chi connectivity index (χ2n) is 6.08. The van der Waals surface area contributed by atoms with Gasteiger partial charge in [0.15, 0.2) is 5.11 Å². The molecule has 0 aliphatic carbocycles. The number of hydrogen-bond acceptors (Lipinski definition) is 1. The van der Waals surface area contributed by atoms with Crippen molar-refractivity contribution in [3.63, 3.8) is 0 Å². The molecule has 0 unspecified atom stereocenters. The number of thiocarbonyl (C=S) groups is 1. The molecule has 2 nitrogen and oxygen atoms in total. The van der Waals surface area contributed by atoms with Crippen molar-refractivity contribution < 1.29 is 0 Å². The van der Waals surface area contributed by atoms with E-state index in [9.17, 15) is 0 Å². The summed E-state index contributed by atoms with van der Waals surface area (Å²) in [7, 11) is 0. The van der Waals surface area contributed by atoms with Crippen LogP contribution < -0.4 is 10.6 Å². The van der Waals surface area contributed by atoms with Crippen molar-refractivity contribution in [3.05, 3.63) is 83.9 Å². The number of hydrogen-bond donors (Lipinski definition) is 2. The standard InChI is InChI=1S/C21H22N2S/c1-15(17-8-4-3-5-9-17)22-21(24)23-16(2)19-13-12-18-10-6-7-11-20(18)14-19/h3-16H,1-2H3,(H2,22,23,24)/t15-,16-/m1/s1. The van der Waals surface area contributed by atoms with Gasteiger partial charge in [0.25, 0.3) is 0 Å². The number of rotatable bonds is 4. The molecule has 2 N–H and O–H groups in total. The van der Waals surface area contributed by atoms with Gasteiger partial charge in [-0.25, -0.2) is 0 Å². The summed E-state index contributed by atoms with van der Waals surface area (Å²) in [6, 6.07) is 25.6. The minimum atomic E-state index is 0.151. The van der Waals surface area contributed by atoms with E-state index in [1.165, 1.54) is 21.9 Å². The van der Waals surface area contributed by atoms with Crippen LogP contribution in [-0.4, -0.2) is 5.11 Å². The van der Waals surface area contributed by atoms with Crippen molar-refractivity contribution in [1.29, 1.82) is 0 Å². The van der Waals surface area contributed by atoms with Crippen LogP contribution in [0.1, 0.15) is 37.1 Å². The van der Waals surface area contributed by atoms with E-state index >= 15 is 0 Å². The van der Waals surface area contributed by atoms with E-state index in [0.29, 0.717) is 5.11 Å². The van der Waals surface area contributed by atoms with Gasteiger partial charge in [0.1, 0.15) is 0 Å². The Bertz CT molecular complexity index is 829. The number of fused-ring (bicyclic) bond motifs is 1. The van der Waals surface area contributed by atoms with Crippen molar-refractivity contribution in [2.45, 2.75) is 25.9 Å². The Morgan fingerprint density at radius 3 is 2.00 bits per heavy atom. The Balaban J connectivity index is 1.64. The lowest BCUT2D eigenvalue weighted by Gasteiger charge is -2.21. The molecule has 0 radical (unpaired) electrons. The fourth-order valence-electron chi connectivity index (χ4n) is 2.82. The zero-order valence-electron chi connectivity index (χ0n) is 14.0. The molecule has 0 amide bonds. The van der Waals surface area contributed by atoms with Gasteiger partial charge in [0.2, 0.25) is 0 Å². The maximum absolute atomic E-state index is 5.48. The molecule has 0 heterocycles. The molecule has 0 saturated carbocycles.